The minimum absolute atomic E-state index is 0.0233. The number of halogens is 1. The molecule has 0 spiro atoms. The van der Waals surface area contributed by atoms with E-state index >= 15 is 0 Å². The number of carbonyl (C=O) groups is 2. The molecule has 6 heteroatoms. The number of nitrogens with zero attached hydrogens (tertiary/aromatic N) is 1. The van der Waals surface area contributed by atoms with Crippen LogP contribution in [-0.4, -0.2) is 27.7 Å². The normalized spacial score (nSPS) is 16.2. The average Bonchev–Trinajstić information content (AvgIpc) is 2.84. The third-order valence-corrected chi connectivity index (χ3v) is 4.82. The van der Waals surface area contributed by atoms with Crippen molar-refractivity contribution in [3.63, 3.8) is 0 Å². The number of carbonyl (C=O) groups excluding carboxylic acids is 2. The number of rotatable bonds is 4. The highest BCUT2D eigenvalue weighted by Gasteiger charge is 2.34. The molecule has 3 rings (SSSR count). The van der Waals surface area contributed by atoms with Crippen LogP contribution >= 0.6 is 23.4 Å². The summed E-state index contributed by atoms with van der Waals surface area (Å²) in [7, 11) is 0. The number of thioether (sulfide) groups is 1. The molecule has 2 aromatic carbocycles. The second-order valence-corrected chi connectivity index (χ2v) is 6.68. The van der Waals surface area contributed by atoms with Gasteiger partial charge in [-0.1, -0.05) is 48.0 Å². The topological polar surface area (TPSA) is 57.6 Å². The van der Waals surface area contributed by atoms with Crippen LogP contribution in [0.5, 0.6) is 5.75 Å². The maximum Gasteiger partial charge on any atom is 0.293 e. The van der Waals surface area contributed by atoms with E-state index in [2.05, 4.69) is 0 Å². The highest BCUT2D eigenvalue weighted by Crippen LogP contribution is 2.33. The SMILES string of the molecule is O=C1S/C(=C\c2ccc(O)c(Cl)c2)C(=O)N1CCc1ccccc1. The van der Waals surface area contributed by atoms with Gasteiger partial charge in [0, 0.05) is 6.54 Å². The van der Waals surface area contributed by atoms with Crippen LogP contribution in [0.1, 0.15) is 11.1 Å². The number of benzene rings is 2. The Morgan fingerprint density at radius 1 is 1.12 bits per heavy atom. The van der Waals surface area contributed by atoms with Crippen molar-refractivity contribution in [2.75, 3.05) is 6.54 Å². The fourth-order valence-electron chi connectivity index (χ4n) is 2.34. The fraction of sp³-hybridized carbons (Fsp3) is 0.111. The molecule has 24 heavy (non-hydrogen) atoms. The summed E-state index contributed by atoms with van der Waals surface area (Å²) in [6.45, 7) is 0.350. The van der Waals surface area contributed by atoms with Crippen LogP contribution in [-0.2, 0) is 11.2 Å². The molecule has 1 aliphatic heterocycles. The highest BCUT2D eigenvalue weighted by atomic mass is 35.5. The summed E-state index contributed by atoms with van der Waals surface area (Å²) in [6, 6.07) is 14.4. The van der Waals surface area contributed by atoms with Crippen molar-refractivity contribution in [1.82, 2.24) is 4.90 Å². The summed E-state index contributed by atoms with van der Waals surface area (Å²) in [5.41, 5.74) is 1.73. The summed E-state index contributed by atoms with van der Waals surface area (Å²) < 4.78 is 0. The zero-order chi connectivity index (χ0) is 17.1. The minimum atomic E-state index is -0.301. The summed E-state index contributed by atoms with van der Waals surface area (Å²) >= 11 is 6.78. The molecule has 0 unspecified atom stereocenters. The lowest BCUT2D eigenvalue weighted by Crippen LogP contribution is -2.30. The summed E-state index contributed by atoms with van der Waals surface area (Å²) in [5, 5.41) is 9.36. The molecule has 1 aliphatic rings. The molecule has 0 radical (unpaired) electrons. The highest BCUT2D eigenvalue weighted by molar-refractivity contribution is 8.18. The second-order valence-electron chi connectivity index (χ2n) is 5.28. The molecule has 0 aliphatic carbocycles. The molecule has 1 heterocycles. The van der Waals surface area contributed by atoms with Gasteiger partial charge in [0.15, 0.2) is 0 Å². The Hall–Kier alpha value is -2.24. The zero-order valence-electron chi connectivity index (χ0n) is 12.6. The van der Waals surface area contributed by atoms with Gasteiger partial charge in [-0.2, -0.15) is 0 Å². The van der Waals surface area contributed by atoms with E-state index in [-0.39, 0.29) is 21.9 Å². The predicted molar refractivity (Wildman–Crippen MR) is 95.9 cm³/mol. The van der Waals surface area contributed by atoms with E-state index in [9.17, 15) is 14.7 Å². The fourth-order valence-corrected chi connectivity index (χ4v) is 3.40. The van der Waals surface area contributed by atoms with E-state index in [1.807, 2.05) is 30.3 Å². The largest absolute Gasteiger partial charge is 0.506 e. The van der Waals surface area contributed by atoms with Gasteiger partial charge in [0.1, 0.15) is 5.75 Å². The summed E-state index contributed by atoms with van der Waals surface area (Å²) in [6.07, 6.45) is 2.23. The Bertz CT molecular complexity index is 820. The Labute approximate surface area is 148 Å². The molecular formula is C18H14ClNO3S. The van der Waals surface area contributed by atoms with E-state index in [1.165, 1.54) is 11.0 Å². The first-order valence-corrected chi connectivity index (χ1v) is 8.52. The van der Waals surface area contributed by atoms with E-state index in [0.717, 1.165) is 17.3 Å². The van der Waals surface area contributed by atoms with Crippen molar-refractivity contribution in [1.29, 1.82) is 0 Å². The quantitative estimate of drug-likeness (QED) is 0.826. The van der Waals surface area contributed by atoms with Gasteiger partial charge >= 0.3 is 0 Å². The van der Waals surface area contributed by atoms with Gasteiger partial charge in [-0.15, -0.1) is 0 Å². The third-order valence-electron chi connectivity index (χ3n) is 3.61. The van der Waals surface area contributed by atoms with Crippen LogP contribution in [0.3, 0.4) is 0 Å². The van der Waals surface area contributed by atoms with E-state index in [0.29, 0.717) is 23.4 Å². The maximum atomic E-state index is 12.4. The molecule has 0 atom stereocenters. The van der Waals surface area contributed by atoms with Gasteiger partial charge in [0.05, 0.1) is 9.93 Å². The Morgan fingerprint density at radius 2 is 1.88 bits per heavy atom. The van der Waals surface area contributed by atoms with Crippen LogP contribution in [0.2, 0.25) is 5.02 Å². The van der Waals surface area contributed by atoms with Crippen LogP contribution in [0.25, 0.3) is 6.08 Å². The summed E-state index contributed by atoms with van der Waals surface area (Å²) in [4.78, 5) is 26.1. The predicted octanol–water partition coefficient (Wildman–Crippen LogP) is 4.32. The van der Waals surface area contributed by atoms with Crippen molar-refractivity contribution in [3.8, 4) is 5.75 Å². The average molecular weight is 360 g/mol. The second kappa shape index (κ2) is 7.11. The van der Waals surface area contributed by atoms with Gasteiger partial charge in [0.2, 0.25) is 0 Å². The Balaban J connectivity index is 1.73. The van der Waals surface area contributed by atoms with Gasteiger partial charge in [-0.3, -0.25) is 14.5 Å². The number of phenols is 1. The lowest BCUT2D eigenvalue weighted by atomic mass is 10.1. The van der Waals surface area contributed by atoms with Gasteiger partial charge in [0.25, 0.3) is 11.1 Å². The van der Waals surface area contributed by atoms with Gasteiger partial charge in [-0.25, -0.2) is 0 Å². The number of phenolic OH excluding ortho intramolecular Hbond substituents is 1. The smallest absolute Gasteiger partial charge is 0.293 e. The molecule has 0 aromatic heterocycles. The van der Waals surface area contributed by atoms with Crippen LogP contribution in [0.15, 0.2) is 53.4 Å². The lowest BCUT2D eigenvalue weighted by Gasteiger charge is -2.12. The van der Waals surface area contributed by atoms with Crippen LogP contribution in [0, 0.1) is 0 Å². The molecule has 0 bridgehead atoms. The van der Waals surface area contributed by atoms with E-state index in [1.54, 1.807) is 18.2 Å². The van der Waals surface area contributed by atoms with Crippen LogP contribution < -0.4 is 0 Å². The molecule has 0 saturated carbocycles. The molecule has 4 nitrogen and oxygen atoms in total. The molecule has 2 amide bonds. The Morgan fingerprint density at radius 3 is 2.58 bits per heavy atom. The minimum Gasteiger partial charge on any atom is -0.506 e. The Kier molecular flexibility index (Phi) is 4.92. The van der Waals surface area contributed by atoms with E-state index in [4.69, 9.17) is 11.6 Å². The van der Waals surface area contributed by atoms with Crippen LogP contribution in [0.4, 0.5) is 4.79 Å². The molecule has 1 N–H and O–H groups in total. The molecule has 1 saturated heterocycles. The monoisotopic (exact) mass is 359 g/mol. The first-order valence-electron chi connectivity index (χ1n) is 7.32. The first-order chi connectivity index (χ1) is 11.5. The number of hydrogen-bond donors (Lipinski definition) is 1. The summed E-state index contributed by atoms with van der Waals surface area (Å²) in [5.74, 6) is -0.324. The molecular weight excluding hydrogens is 346 g/mol. The zero-order valence-corrected chi connectivity index (χ0v) is 14.2. The number of imide groups is 1. The third kappa shape index (κ3) is 3.63. The van der Waals surface area contributed by atoms with Crippen molar-refractivity contribution >= 4 is 40.6 Å². The van der Waals surface area contributed by atoms with Crippen molar-refractivity contribution in [2.24, 2.45) is 0 Å². The lowest BCUT2D eigenvalue weighted by molar-refractivity contribution is -0.122. The first kappa shape index (κ1) is 16.6. The molecule has 2 aromatic rings. The maximum absolute atomic E-state index is 12.4. The number of hydrogen-bond acceptors (Lipinski definition) is 4. The standard InChI is InChI=1S/C18H14ClNO3S/c19-14-10-13(6-7-15(14)21)11-16-17(22)20(18(23)24-16)9-8-12-4-2-1-3-5-12/h1-7,10-11,21H,8-9H2/b16-11-. The molecule has 1 fully saturated rings. The van der Waals surface area contributed by atoms with Gasteiger partial charge in [-0.05, 0) is 47.5 Å². The molecule has 122 valence electrons. The van der Waals surface area contributed by atoms with Crippen molar-refractivity contribution < 1.29 is 14.7 Å². The van der Waals surface area contributed by atoms with Crippen molar-refractivity contribution in [2.45, 2.75) is 6.42 Å². The van der Waals surface area contributed by atoms with E-state index < -0.39 is 0 Å². The number of aromatic hydroxyl groups is 1. The van der Waals surface area contributed by atoms with Crippen molar-refractivity contribution in [3.05, 3.63) is 69.6 Å². The number of amides is 2. The van der Waals surface area contributed by atoms with Gasteiger partial charge < -0.3 is 5.11 Å².